The van der Waals surface area contributed by atoms with Gasteiger partial charge in [-0.2, -0.15) is 0 Å². The van der Waals surface area contributed by atoms with Crippen LogP contribution in [0.15, 0.2) is 18.2 Å². The van der Waals surface area contributed by atoms with Gasteiger partial charge in [-0.1, -0.05) is 6.92 Å². The molecule has 0 aliphatic rings. The van der Waals surface area contributed by atoms with E-state index >= 15 is 0 Å². The molecule has 0 heterocycles. The van der Waals surface area contributed by atoms with Crippen molar-refractivity contribution in [1.82, 2.24) is 0 Å². The van der Waals surface area contributed by atoms with Gasteiger partial charge in [-0.15, -0.1) is 11.6 Å². The highest BCUT2D eigenvalue weighted by atomic mass is 35.5. The van der Waals surface area contributed by atoms with E-state index in [1.54, 1.807) is 0 Å². The first-order valence-corrected chi connectivity index (χ1v) is 4.64. The zero-order valence-electron chi connectivity index (χ0n) is 7.36. The Morgan fingerprint density at radius 2 is 1.77 bits per heavy atom. The number of hydrogen-bond donors (Lipinski definition) is 0. The van der Waals surface area contributed by atoms with E-state index in [1.807, 2.05) is 6.92 Å². The maximum absolute atomic E-state index is 12.7. The van der Waals surface area contributed by atoms with Crippen LogP contribution in [0.5, 0.6) is 0 Å². The Morgan fingerprint density at radius 1 is 1.23 bits per heavy atom. The number of rotatable bonds is 3. The quantitative estimate of drug-likeness (QED) is 0.661. The second kappa shape index (κ2) is 4.56. The molecule has 0 bridgehead atoms. The predicted molar refractivity (Wildman–Crippen MR) is 50.0 cm³/mol. The number of halogens is 3. The van der Waals surface area contributed by atoms with Crippen molar-refractivity contribution in [2.75, 3.05) is 0 Å². The maximum Gasteiger partial charge on any atom is 0.126 e. The molecule has 13 heavy (non-hydrogen) atoms. The van der Waals surface area contributed by atoms with Crippen molar-refractivity contribution in [3.8, 4) is 0 Å². The number of alkyl halides is 1. The molecule has 0 aliphatic carbocycles. The lowest BCUT2D eigenvalue weighted by Crippen LogP contribution is -2.01. The second-order valence-electron chi connectivity index (χ2n) is 2.99. The van der Waals surface area contributed by atoms with Crippen molar-refractivity contribution in [3.63, 3.8) is 0 Å². The molecule has 0 radical (unpaired) electrons. The monoisotopic (exact) mass is 204 g/mol. The lowest BCUT2D eigenvalue weighted by atomic mass is 10.1. The molecule has 0 nitrogen and oxygen atoms in total. The average Bonchev–Trinajstić information content (AvgIpc) is 2.02. The highest BCUT2D eigenvalue weighted by Gasteiger charge is 2.05. The van der Waals surface area contributed by atoms with Gasteiger partial charge in [0.25, 0.3) is 0 Å². The fourth-order valence-corrected chi connectivity index (χ4v) is 1.31. The first-order chi connectivity index (χ1) is 6.11. The SMILES string of the molecule is CCC(Cl)Cc1cc(F)cc(F)c1. The van der Waals surface area contributed by atoms with Crippen LogP contribution in [0.25, 0.3) is 0 Å². The molecular formula is C10H11ClF2. The fraction of sp³-hybridized carbons (Fsp3) is 0.400. The topological polar surface area (TPSA) is 0 Å². The Hall–Kier alpha value is -0.630. The van der Waals surface area contributed by atoms with Crippen LogP contribution in [-0.2, 0) is 6.42 Å². The summed E-state index contributed by atoms with van der Waals surface area (Å²) in [4.78, 5) is 0. The fourth-order valence-electron chi connectivity index (χ4n) is 1.13. The molecule has 1 aromatic carbocycles. The summed E-state index contributed by atoms with van der Waals surface area (Å²) < 4.78 is 25.4. The molecule has 0 spiro atoms. The molecule has 1 unspecified atom stereocenters. The van der Waals surface area contributed by atoms with E-state index in [-0.39, 0.29) is 5.38 Å². The average molecular weight is 205 g/mol. The third-order valence-electron chi connectivity index (χ3n) is 1.82. The van der Waals surface area contributed by atoms with Gasteiger partial charge in [-0.25, -0.2) is 8.78 Å². The number of hydrogen-bond acceptors (Lipinski definition) is 0. The lowest BCUT2D eigenvalue weighted by molar-refractivity contribution is 0.578. The zero-order valence-corrected chi connectivity index (χ0v) is 8.11. The zero-order chi connectivity index (χ0) is 9.84. The van der Waals surface area contributed by atoms with Gasteiger partial charge >= 0.3 is 0 Å². The molecule has 1 atom stereocenters. The minimum atomic E-state index is -0.546. The van der Waals surface area contributed by atoms with E-state index in [1.165, 1.54) is 12.1 Å². The van der Waals surface area contributed by atoms with Crippen molar-refractivity contribution in [2.45, 2.75) is 25.1 Å². The Labute approximate surface area is 81.5 Å². The van der Waals surface area contributed by atoms with E-state index in [9.17, 15) is 8.78 Å². The van der Waals surface area contributed by atoms with Crippen molar-refractivity contribution >= 4 is 11.6 Å². The maximum atomic E-state index is 12.7. The van der Waals surface area contributed by atoms with Crippen LogP contribution in [0.4, 0.5) is 8.78 Å². The van der Waals surface area contributed by atoms with Crippen LogP contribution < -0.4 is 0 Å². The largest absolute Gasteiger partial charge is 0.207 e. The van der Waals surface area contributed by atoms with E-state index in [2.05, 4.69) is 0 Å². The minimum Gasteiger partial charge on any atom is -0.207 e. The first kappa shape index (κ1) is 10.5. The predicted octanol–water partition coefficient (Wildman–Crippen LogP) is 3.52. The van der Waals surface area contributed by atoms with E-state index < -0.39 is 11.6 Å². The molecule has 1 aromatic rings. The Morgan fingerprint density at radius 3 is 2.23 bits per heavy atom. The number of benzene rings is 1. The van der Waals surface area contributed by atoms with Crippen LogP contribution in [-0.4, -0.2) is 5.38 Å². The van der Waals surface area contributed by atoms with Crippen LogP contribution in [0.1, 0.15) is 18.9 Å². The van der Waals surface area contributed by atoms with Gasteiger partial charge in [-0.3, -0.25) is 0 Å². The van der Waals surface area contributed by atoms with Crippen LogP contribution in [0.2, 0.25) is 0 Å². The third kappa shape index (κ3) is 3.31. The minimum absolute atomic E-state index is 0.0544. The van der Waals surface area contributed by atoms with Crippen molar-refractivity contribution in [2.24, 2.45) is 0 Å². The molecule has 1 rings (SSSR count). The molecular weight excluding hydrogens is 194 g/mol. The molecule has 3 heteroatoms. The Bertz CT molecular complexity index is 266. The summed E-state index contributed by atoms with van der Waals surface area (Å²) in [6.45, 7) is 1.94. The van der Waals surface area contributed by atoms with Crippen LogP contribution in [0.3, 0.4) is 0 Å². The van der Waals surface area contributed by atoms with Crippen molar-refractivity contribution < 1.29 is 8.78 Å². The lowest BCUT2D eigenvalue weighted by Gasteiger charge is -2.06. The van der Waals surface area contributed by atoms with Crippen LogP contribution >= 0.6 is 11.6 Å². The van der Waals surface area contributed by atoms with Gasteiger partial charge in [0, 0.05) is 11.4 Å². The van der Waals surface area contributed by atoms with Crippen LogP contribution in [0, 0.1) is 11.6 Å². The van der Waals surface area contributed by atoms with E-state index in [0.717, 1.165) is 12.5 Å². The van der Waals surface area contributed by atoms with Gasteiger partial charge < -0.3 is 0 Å². The summed E-state index contributed by atoms with van der Waals surface area (Å²) in [6, 6.07) is 3.49. The van der Waals surface area contributed by atoms with Crippen molar-refractivity contribution in [1.29, 1.82) is 0 Å². The summed E-state index contributed by atoms with van der Waals surface area (Å²) in [7, 11) is 0. The summed E-state index contributed by atoms with van der Waals surface area (Å²) in [5, 5.41) is -0.0544. The Balaban J connectivity index is 2.77. The normalized spacial score (nSPS) is 12.9. The summed E-state index contributed by atoms with van der Waals surface area (Å²) >= 11 is 5.86. The molecule has 0 N–H and O–H groups in total. The molecule has 0 saturated heterocycles. The summed E-state index contributed by atoms with van der Waals surface area (Å²) in [5.74, 6) is -1.09. The molecule has 0 aliphatic heterocycles. The van der Waals surface area contributed by atoms with E-state index in [4.69, 9.17) is 11.6 Å². The summed E-state index contributed by atoms with van der Waals surface area (Å²) in [6.07, 6.45) is 1.30. The second-order valence-corrected chi connectivity index (χ2v) is 3.60. The van der Waals surface area contributed by atoms with Crippen molar-refractivity contribution in [3.05, 3.63) is 35.4 Å². The van der Waals surface area contributed by atoms with Gasteiger partial charge in [-0.05, 0) is 30.5 Å². The Kier molecular flexibility index (Phi) is 3.67. The van der Waals surface area contributed by atoms with Gasteiger partial charge in [0.15, 0.2) is 0 Å². The smallest absolute Gasteiger partial charge is 0.126 e. The highest BCUT2D eigenvalue weighted by Crippen LogP contribution is 2.14. The molecule has 0 amide bonds. The molecule has 0 saturated carbocycles. The summed E-state index contributed by atoms with van der Waals surface area (Å²) in [5.41, 5.74) is 0.611. The first-order valence-electron chi connectivity index (χ1n) is 4.21. The molecule has 0 aromatic heterocycles. The standard InChI is InChI=1S/C10H11ClF2/c1-2-8(11)3-7-4-9(12)6-10(13)5-7/h4-6,8H,2-3H2,1H3. The molecule has 72 valence electrons. The molecule has 0 fully saturated rings. The van der Waals surface area contributed by atoms with Gasteiger partial charge in [0.2, 0.25) is 0 Å². The van der Waals surface area contributed by atoms with Gasteiger partial charge in [0.1, 0.15) is 11.6 Å². The highest BCUT2D eigenvalue weighted by molar-refractivity contribution is 6.20. The van der Waals surface area contributed by atoms with E-state index in [0.29, 0.717) is 12.0 Å². The van der Waals surface area contributed by atoms with Gasteiger partial charge in [0.05, 0.1) is 0 Å². The third-order valence-corrected chi connectivity index (χ3v) is 2.29.